The Hall–Kier alpha value is -0.900. The van der Waals surface area contributed by atoms with Gasteiger partial charge in [0.2, 0.25) is 21.7 Å². The summed E-state index contributed by atoms with van der Waals surface area (Å²) < 4.78 is 35.9. The lowest BCUT2D eigenvalue weighted by Crippen LogP contribution is -2.49. The molecule has 2 rings (SSSR count). The second kappa shape index (κ2) is 7.55. The molecule has 1 aliphatic rings. The zero-order valence-electron chi connectivity index (χ0n) is 13.1. The summed E-state index contributed by atoms with van der Waals surface area (Å²) in [6.07, 6.45) is 0.981. The number of halogens is 2. The number of carbonyl (C=O) groups excluding carboxylic acids is 1. The molecule has 1 aromatic carbocycles. The fraction of sp³-hybridized carbons (Fsp3) is 0.500. The van der Waals surface area contributed by atoms with E-state index in [9.17, 15) is 13.2 Å². The van der Waals surface area contributed by atoms with Crippen LogP contribution in [-0.4, -0.2) is 46.4 Å². The lowest BCUT2D eigenvalue weighted by Gasteiger charge is -2.29. The highest BCUT2D eigenvalue weighted by atomic mass is 35.5. The molecule has 0 aromatic heterocycles. The average Bonchev–Trinajstić information content (AvgIpc) is 2.92. The van der Waals surface area contributed by atoms with Gasteiger partial charge in [-0.3, -0.25) is 4.79 Å². The highest BCUT2D eigenvalue weighted by molar-refractivity contribution is 7.88. The SMILES string of the molecule is CC(NS(C)(=O)=O)C(=O)NCC1(c2ccc(Cl)cc2Cl)OCCO1. The van der Waals surface area contributed by atoms with E-state index >= 15 is 0 Å². The van der Waals surface area contributed by atoms with Crippen LogP contribution in [0.5, 0.6) is 0 Å². The predicted molar refractivity (Wildman–Crippen MR) is 90.5 cm³/mol. The first kappa shape index (κ1) is 19.4. The van der Waals surface area contributed by atoms with Gasteiger partial charge < -0.3 is 14.8 Å². The van der Waals surface area contributed by atoms with E-state index in [-0.39, 0.29) is 6.54 Å². The second-order valence-electron chi connectivity index (χ2n) is 5.40. The van der Waals surface area contributed by atoms with Crippen molar-refractivity contribution >= 4 is 39.1 Å². The van der Waals surface area contributed by atoms with Crippen LogP contribution in [0.1, 0.15) is 12.5 Å². The topological polar surface area (TPSA) is 93.7 Å². The monoisotopic (exact) mass is 396 g/mol. The van der Waals surface area contributed by atoms with Crippen LogP contribution in [0.3, 0.4) is 0 Å². The molecule has 0 saturated carbocycles. The molecule has 1 aliphatic heterocycles. The van der Waals surface area contributed by atoms with Crippen LogP contribution in [0.15, 0.2) is 18.2 Å². The molecule has 1 amide bonds. The number of ether oxygens (including phenoxy) is 2. The van der Waals surface area contributed by atoms with E-state index in [1.165, 1.54) is 6.92 Å². The lowest BCUT2D eigenvalue weighted by molar-refractivity contribution is -0.165. The first-order chi connectivity index (χ1) is 11.1. The number of carbonyl (C=O) groups is 1. The van der Waals surface area contributed by atoms with Gasteiger partial charge in [0.15, 0.2) is 0 Å². The third-order valence-electron chi connectivity index (χ3n) is 3.37. The molecule has 1 saturated heterocycles. The van der Waals surface area contributed by atoms with Gasteiger partial charge >= 0.3 is 0 Å². The van der Waals surface area contributed by atoms with E-state index < -0.39 is 27.8 Å². The van der Waals surface area contributed by atoms with Gasteiger partial charge in [0, 0.05) is 10.6 Å². The minimum absolute atomic E-state index is 0.0248. The summed E-state index contributed by atoms with van der Waals surface area (Å²) in [5.74, 6) is -1.74. The second-order valence-corrected chi connectivity index (χ2v) is 8.03. The van der Waals surface area contributed by atoms with Crippen molar-refractivity contribution in [2.75, 3.05) is 26.0 Å². The maximum Gasteiger partial charge on any atom is 0.238 e. The molecule has 1 fully saturated rings. The number of rotatable bonds is 6. The number of amides is 1. The average molecular weight is 397 g/mol. The largest absolute Gasteiger partial charge is 0.349 e. The molecule has 1 aromatic rings. The molecule has 0 spiro atoms. The minimum Gasteiger partial charge on any atom is -0.349 e. The van der Waals surface area contributed by atoms with E-state index in [2.05, 4.69) is 10.0 Å². The van der Waals surface area contributed by atoms with Crippen molar-refractivity contribution in [2.24, 2.45) is 0 Å². The van der Waals surface area contributed by atoms with E-state index in [1.807, 2.05) is 0 Å². The molecule has 7 nitrogen and oxygen atoms in total. The molecule has 0 radical (unpaired) electrons. The zero-order valence-corrected chi connectivity index (χ0v) is 15.5. The Labute approximate surface area is 150 Å². The summed E-state index contributed by atoms with van der Waals surface area (Å²) in [6.45, 7) is 2.09. The molecule has 134 valence electrons. The molecule has 1 atom stereocenters. The van der Waals surface area contributed by atoms with Crippen molar-refractivity contribution in [3.63, 3.8) is 0 Å². The van der Waals surface area contributed by atoms with Crippen molar-refractivity contribution in [3.05, 3.63) is 33.8 Å². The van der Waals surface area contributed by atoms with Gasteiger partial charge in [-0.15, -0.1) is 0 Å². The fourth-order valence-corrected chi connectivity index (χ4v) is 3.64. The molecule has 2 N–H and O–H groups in total. The standard InChI is InChI=1S/C14H18Cl2N2O5S/c1-9(18-24(2,20)21)13(19)17-8-14(22-5-6-23-14)11-4-3-10(15)7-12(11)16/h3-4,7,9,18H,5-6,8H2,1-2H3,(H,17,19). The number of benzene rings is 1. The zero-order chi connectivity index (χ0) is 18.0. The van der Waals surface area contributed by atoms with Gasteiger partial charge in [-0.2, -0.15) is 0 Å². The first-order valence-electron chi connectivity index (χ1n) is 7.11. The molecule has 10 heteroatoms. The lowest BCUT2D eigenvalue weighted by atomic mass is 10.1. The molecular weight excluding hydrogens is 379 g/mol. The molecule has 1 heterocycles. The highest BCUT2D eigenvalue weighted by Gasteiger charge is 2.41. The highest BCUT2D eigenvalue weighted by Crippen LogP contribution is 2.36. The first-order valence-corrected chi connectivity index (χ1v) is 9.76. The Bertz CT molecular complexity index is 720. The van der Waals surface area contributed by atoms with E-state index in [1.54, 1.807) is 18.2 Å². The smallest absolute Gasteiger partial charge is 0.238 e. The summed E-state index contributed by atoms with van der Waals surface area (Å²) in [4.78, 5) is 12.1. The van der Waals surface area contributed by atoms with Crippen molar-refractivity contribution in [1.29, 1.82) is 0 Å². The van der Waals surface area contributed by atoms with Crippen LogP contribution in [-0.2, 0) is 30.1 Å². The van der Waals surface area contributed by atoms with Crippen LogP contribution >= 0.6 is 23.2 Å². The number of nitrogens with one attached hydrogen (secondary N) is 2. The van der Waals surface area contributed by atoms with E-state index in [0.717, 1.165) is 6.26 Å². The molecule has 1 unspecified atom stereocenters. The molecule has 0 aliphatic carbocycles. The maximum absolute atomic E-state index is 12.1. The quantitative estimate of drug-likeness (QED) is 0.754. The van der Waals surface area contributed by atoms with Gasteiger partial charge in [0.05, 0.1) is 37.1 Å². The third-order valence-corrected chi connectivity index (χ3v) is 4.70. The summed E-state index contributed by atoms with van der Waals surface area (Å²) >= 11 is 12.1. The van der Waals surface area contributed by atoms with Gasteiger partial charge in [0.25, 0.3) is 0 Å². The Morgan fingerprint density at radius 1 is 1.33 bits per heavy atom. The fourth-order valence-electron chi connectivity index (χ4n) is 2.34. The van der Waals surface area contributed by atoms with Gasteiger partial charge in [-0.1, -0.05) is 29.3 Å². The summed E-state index contributed by atoms with van der Waals surface area (Å²) in [5, 5.41) is 3.43. The van der Waals surface area contributed by atoms with Crippen molar-refractivity contribution in [2.45, 2.75) is 18.8 Å². The Balaban J connectivity index is 2.13. The van der Waals surface area contributed by atoms with Crippen LogP contribution in [0.25, 0.3) is 0 Å². The van der Waals surface area contributed by atoms with E-state index in [4.69, 9.17) is 32.7 Å². The Kier molecular flexibility index (Phi) is 6.11. The number of hydrogen-bond donors (Lipinski definition) is 2. The number of sulfonamides is 1. The molecular formula is C14H18Cl2N2O5S. The Morgan fingerprint density at radius 3 is 2.50 bits per heavy atom. The third kappa shape index (κ3) is 4.81. The summed E-state index contributed by atoms with van der Waals surface area (Å²) in [5.41, 5.74) is 0.537. The molecule has 0 bridgehead atoms. The van der Waals surface area contributed by atoms with Gasteiger partial charge in [0.1, 0.15) is 0 Å². The van der Waals surface area contributed by atoms with Crippen molar-refractivity contribution in [1.82, 2.24) is 10.0 Å². The summed E-state index contributed by atoms with van der Waals surface area (Å²) in [7, 11) is -3.49. The summed E-state index contributed by atoms with van der Waals surface area (Å²) in [6, 6.07) is 3.94. The van der Waals surface area contributed by atoms with Gasteiger partial charge in [-0.25, -0.2) is 13.1 Å². The van der Waals surface area contributed by atoms with Crippen LogP contribution in [0.2, 0.25) is 10.0 Å². The van der Waals surface area contributed by atoms with Crippen LogP contribution in [0.4, 0.5) is 0 Å². The van der Waals surface area contributed by atoms with Crippen molar-refractivity contribution < 1.29 is 22.7 Å². The van der Waals surface area contributed by atoms with Crippen molar-refractivity contribution in [3.8, 4) is 0 Å². The maximum atomic E-state index is 12.1. The number of hydrogen-bond acceptors (Lipinski definition) is 5. The predicted octanol–water partition coefficient (Wildman–Crippen LogP) is 1.25. The molecule has 24 heavy (non-hydrogen) atoms. The van der Waals surface area contributed by atoms with Gasteiger partial charge in [-0.05, 0) is 19.1 Å². The van der Waals surface area contributed by atoms with Crippen LogP contribution in [0, 0.1) is 0 Å². The minimum atomic E-state index is -3.49. The normalized spacial score (nSPS) is 18.3. The Morgan fingerprint density at radius 2 is 1.96 bits per heavy atom. The van der Waals surface area contributed by atoms with Crippen LogP contribution < -0.4 is 10.0 Å². The van der Waals surface area contributed by atoms with E-state index in [0.29, 0.717) is 28.8 Å².